The molecule has 0 aromatic carbocycles. The van der Waals surface area contributed by atoms with Gasteiger partial charge in [-0.1, -0.05) is 13.3 Å². The summed E-state index contributed by atoms with van der Waals surface area (Å²) in [6, 6.07) is 0. The van der Waals surface area contributed by atoms with Gasteiger partial charge in [0.05, 0.1) is 23.2 Å². The van der Waals surface area contributed by atoms with Crippen LogP contribution >= 0.6 is 11.3 Å². The molecule has 1 heterocycles. The highest BCUT2D eigenvalue weighted by atomic mass is 32.1. The molecule has 5 heteroatoms. The van der Waals surface area contributed by atoms with Crippen molar-refractivity contribution in [2.45, 2.75) is 39.7 Å². The predicted octanol–water partition coefficient (Wildman–Crippen LogP) is 2.46. The minimum absolute atomic E-state index is 0.335. The van der Waals surface area contributed by atoms with Gasteiger partial charge in [0.2, 0.25) is 0 Å². The van der Waals surface area contributed by atoms with Gasteiger partial charge in [0.15, 0.2) is 0 Å². The minimum atomic E-state index is -0.862. The van der Waals surface area contributed by atoms with Crippen LogP contribution < -0.4 is 0 Å². The van der Waals surface area contributed by atoms with Crippen LogP contribution in [0.3, 0.4) is 0 Å². The van der Waals surface area contributed by atoms with Crippen molar-refractivity contribution in [2.24, 2.45) is 5.92 Å². The Labute approximate surface area is 106 Å². The van der Waals surface area contributed by atoms with Gasteiger partial charge in [-0.15, -0.1) is 11.3 Å². The molecule has 0 amide bonds. The topological polar surface area (TPSA) is 59.4 Å². The summed E-state index contributed by atoms with van der Waals surface area (Å²) in [5.41, 5.74) is 0.569. The molecule has 0 aliphatic heterocycles. The van der Waals surface area contributed by atoms with E-state index in [1.54, 1.807) is 12.3 Å². The SMILES string of the molecule is CCCC(C(=O)OCC)C(O)c1csc(C)n1. The number of esters is 1. The summed E-state index contributed by atoms with van der Waals surface area (Å²) in [5.74, 6) is -0.853. The van der Waals surface area contributed by atoms with E-state index < -0.39 is 12.0 Å². The fourth-order valence-electron chi connectivity index (χ4n) is 1.69. The Morgan fingerprint density at radius 1 is 1.59 bits per heavy atom. The van der Waals surface area contributed by atoms with Crippen LogP contribution in [-0.2, 0) is 9.53 Å². The van der Waals surface area contributed by atoms with Gasteiger partial charge in [-0.3, -0.25) is 4.79 Å². The molecule has 2 unspecified atom stereocenters. The van der Waals surface area contributed by atoms with Gasteiger partial charge in [-0.05, 0) is 20.3 Å². The van der Waals surface area contributed by atoms with Crippen molar-refractivity contribution in [3.63, 3.8) is 0 Å². The fraction of sp³-hybridized carbons (Fsp3) is 0.667. The molecule has 0 spiro atoms. The lowest BCUT2D eigenvalue weighted by atomic mass is 9.95. The van der Waals surface area contributed by atoms with Gasteiger partial charge >= 0.3 is 5.97 Å². The Balaban J connectivity index is 2.79. The van der Waals surface area contributed by atoms with Crippen molar-refractivity contribution >= 4 is 17.3 Å². The van der Waals surface area contributed by atoms with E-state index >= 15 is 0 Å². The van der Waals surface area contributed by atoms with Crippen LogP contribution in [-0.4, -0.2) is 22.7 Å². The number of aromatic nitrogens is 1. The van der Waals surface area contributed by atoms with Gasteiger partial charge in [0.25, 0.3) is 0 Å². The monoisotopic (exact) mass is 257 g/mol. The third-order valence-electron chi connectivity index (χ3n) is 2.51. The first-order valence-corrected chi connectivity index (χ1v) is 6.74. The molecule has 1 aromatic rings. The van der Waals surface area contributed by atoms with Crippen molar-refractivity contribution in [1.29, 1.82) is 0 Å². The summed E-state index contributed by atoms with van der Waals surface area (Å²) < 4.78 is 4.98. The maximum absolute atomic E-state index is 11.7. The molecule has 17 heavy (non-hydrogen) atoms. The van der Waals surface area contributed by atoms with E-state index in [9.17, 15) is 9.90 Å². The third-order valence-corrected chi connectivity index (χ3v) is 3.30. The number of hydrogen-bond donors (Lipinski definition) is 1. The Bertz CT molecular complexity index is 364. The Morgan fingerprint density at radius 2 is 2.29 bits per heavy atom. The van der Waals surface area contributed by atoms with Gasteiger partial charge < -0.3 is 9.84 Å². The highest BCUT2D eigenvalue weighted by Crippen LogP contribution is 2.27. The largest absolute Gasteiger partial charge is 0.466 e. The van der Waals surface area contributed by atoms with E-state index in [2.05, 4.69) is 4.98 Å². The molecule has 1 rings (SSSR count). The first-order chi connectivity index (χ1) is 8.10. The first-order valence-electron chi connectivity index (χ1n) is 5.86. The molecule has 1 N–H and O–H groups in total. The number of carbonyl (C=O) groups excluding carboxylic acids is 1. The van der Waals surface area contributed by atoms with Crippen molar-refractivity contribution in [2.75, 3.05) is 6.61 Å². The molecule has 0 bridgehead atoms. The molecule has 0 saturated carbocycles. The Morgan fingerprint density at radius 3 is 2.76 bits per heavy atom. The second kappa shape index (κ2) is 6.71. The van der Waals surface area contributed by atoms with E-state index in [4.69, 9.17) is 4.74 Å². The van der Waals surface area contributed by atoms with Crippen LogP contribution in [0, 0.1) is 12.8 Å². The number of nitrogens with zero attached hydrogens (tertiary/aromatic N) is 1. The first kappa shape index (κ1) is 14.1. The van der Waals surface area contributed by atoms with Gasteiger partial charge in [0.1, 0.15) is 6.10 Å². The molecule has 0 fully saturated rings. The van der Waals surface area contributed by atoms with Crippen molar-refractivity contribution in [3.8, 4) is 0 Å². The van der Waals surface area contributed by atoms with E-state index in [0.717, 1.165) is 11.4 Å². The van der Waals surface area contributed by atoms with Crippen LogP contribution in [0.25, 0.3) is 0 Å². The highest BCUT2D eigenvalue weighted by molar-refractivity contribution is 7.09. The van der Waals surface area contributed by atoms with Gasteiger partial charge in [0, 0.05) is 5.38 Å². The number of ether oxygens (including phenoxy) is 1. The zero-order valence-corrected chi connectivity index (χ0v) is 11.3. The highest BCUT2D eigenvalue weighted by Gasteiger charge is 2.29. The minimum Gasteiger partial charge on any atom is -0.466 e. The lowest BCUT2D eigenvalue weighted by Gasteiger charge is -2.19. The second-order valence-electron chi connectivity index (χ2n) is 3.88. The molecule has 0 aliphatic rings. The molecule has 0 saturated heterocycles. The zero-order valence-electron chi connectivity index (χ0n) is 10.5. The maximum atomic E-state index is 11.7. The normalized spacial score (nSPS) is 14.4. The average Bonchev–Trinajstić information content (AvgIpc) is 2.72. The number of hydrogen-bond acceptors (Lipinski definition) is 5. The van der Waals surface area contributed by atoms with Crippen LogP contribution in [0.5, 0.6) is 0 Å². The fourth-order valence-corrected chi connectivity index (χ4v) is 2.33. The van der Waals surface area contributed by atoms with Crippen LogP contribution in [0.2, 0.25) is 0 Å². The van der Waals surface area contributed by atoms with Gasteiger partial charge in [-0.25, -0.2) is 4.98 Å². The van der Waals surface area contributed by atoms with E-state index in [1.165, 1.54) is 11.3 Å². The number of aryl methyl sites for hydroxylation is 1. The van der Waals surface area contributed by atoms with Crippen molar-refractivity contribution in [3.05, 3.63) is 16.1 Å². The summed E-state index contributed by atoms with van der Waals surface area (Å²) in [6.07, 6.45) is 0.569. The summed E-state index contributed by atoms with van der Waals surface area (Å²) in [6.45, 7) is 5.95. The number of aliphatic hydroxyl groups excluding tert-OH is 1. The van der Waals surface area contributed by atoms with E-state index in [0.29, 0.717) is 18.7 Å². The van der Waals surface area contributed by atoms with Crippen LogP contribution in [0.15, 0.2) is 5.38 Å². The van der Waals surface area contributed by atoms with Crippen LogP contribution in [0.4, 0.5) is 0 Å². The molecule has 1 aromatic heterocycles. The quantitative estimate of drug-likeness (QED) is 0.795. The number of rotatable bonds is 6. The zero-order chi connectivity index (χ0) is 12.8. The average molecular weight is 257 g/mol. The van der Waals surface area contributed by atoms with E-state index in [1.807, 2.05) is 13.8 Å². The number of carbonyl (C=O) groups is 1. The molecule has 2 atom stereocenters. The van der Waals surface area contributed by atoms with Gasteiger partial charge in [-0.2, -0.15) is 0 Å². The summed E-state index contributed by atoms with van der Waals surface area (Å²) in [5, 5.41) is 12.8. The summed E-state index contributed by atoms with van der Waals surface area (Å²) in [7, 11) is 0. The smallest absolute Gasteiger partial charge is 0.311 e. The molecule has 96 valence electrons. The Kier molecular flexibility index (Phi) is 5.58. The number of aliphatic hydroxyl groups is 1. The Hall–Kier alpha value is -0.940. The summed E-state index contributed by atoms with van der Waals surface area (Å²) >= 11 is 1.47. The molecule has 4 nitrogen and oxygen atoms in total. The third kappa shape index (κ3) is 3.78. The standard InChI is InChI=1S/C12H19NO3S/c1-4-6-9(12(15)16-5-2)11(14)10-7-17-8(3)13-10/h7,9,11,14H,4-6H2,1-3H3. The molecule has 0 aliphatic carbocycles. The molecular weight excluding hydrogens is 238 g/mol. The van der Waals surface area contributed by atoms with E-state index in [-0.39, 0.29) is 5.97 Å². The summed E-state index contributed by atoms with van der Waals surface area (Å²) in [4.78, 5) is 16.0. The van der Waals surface area contributed by atoms with Crippen molar-refractivity contribution < 1.29 is 14.6 Å². The second-order valence-corrected chi connectivity index (χ2v) is 4.95. The number of thiazole rings is 1. The lowest BCUT2D eigenvalue weighted by Crippen LogP contribution is -2.24. The molecule has 0 radical (unpaired) electrons. The van der Waals surface area contributed by atoms with Crippen LogP contribution in [0.1, 0.15) is 43.5 Å². The van der Waals surface area contributed by atoms with Crippen molar-refractivity contribution in [1.82, 2.24) is 4.98 Å². The molecular formula is C12H19NO3S. The predicted molar refractivity (Wildman–Crippen MR) is 66.8 cm³/mol. The lowest BCUT2D eigenvalue weighted by molar-refractivity contribution is -0.152. The maximum Gasteiger partial charge on any atom is 0.311 e.